The Bertz CT molecular complexity index is 630. The first-order chi connectivity index (χ1) is 9.51. The van der Waals surface area contributed by atoms with E-state index in [1.54, 1.807) is 24.4 Å². The molecule has 106 valence electrons. The van der Waals surface area contributed by atoms with Crippen molar-refractivity contribution in [2.75, 3.05) is 19.9 Å². The number of carbonyl (C=O) groups excluding carboxylic acids is 1. The molecule has 5 nitrogen and oxygen atoms in total. The number of anilines is 1. The first kappa shape index (κ1) is 14.8. The predicted octanol–water partition coefficient (Wildman–Crippen LogP) is 2.77. The van der Waals surface area contributed by atoms with Gasteiger partial charge in [0.05, 0.1) is 7.11 Å². The van der Waals surface area contributed by atoms with Crippen molar-refractivity contribution in [1.29, 1.82) is 0 Å². The smallest absolute Gasteiger partial charge is 0.273 e. The molecule has 0 atom stereocenters. The van der Waals surface area contributed by atoms with Gasteiger partial charge in [0.1, 0.15) is 11.4 Å². The normalized spacial score (nSPS) is 10.3. The fourth-order valence-corrected chi connectivity index (χ4v) is 2.72. The van der Waals surface area contributed by atoms with E-state index in [1.165, 1.54) is 11.3 Å². The zero-order valence-corrected chi connectivity index (χ0v) is 13.5. The molecule has 1 aromatic carbocycles. The van der Waals surface area contributed by atoms with E-state index in [4.69, 9.17) is 10.5 Å². The number of carbonyl (C=O) groups is 1. The molecule has 1 aromatic heterocycles. The molecule has 0 unspecified atom stereocenters. The Morgan fingerprint density at radius 2 is 2.30 bits per heavy atom. The van der Waals surface area contributed by atoms with Gasteiger partial charge in [-0.25, -0.2) is 4.98 Å². The minimum atomic E-state index is -0.167. The summed E-state index contributed by atoms with van der Waals surface area (Å²) in [5.41, 5.74) is 6.83. The average molecular weight is 356 g/mol. The predicted molar refractivity (Wildman–Crippen MR) is 83.0 cm³/mol. The summed E-state index contributed by atoms with van der Waals surface area (Å²) >= 11 is 4.67. The van der Waals surface area contributed by atoms with Crippen molar-refractivity contribution in [3.8, 4) is 5.75 Å². The van der Waals surface area contributed by atoms with E-state index in [1.807, 2.05) is 18.2 Å². The second-order valence-electron chi connectivity index (χ2n) is 4.19. The van der Waals surface area contributed by atoms with E-state index < -0.39 is 0 Å². The Labute approximate surface area is 129 Å². The van der Waals surface area contributed by atoms with Gasteiger partial charge in [-0.2, -0.15) is 0 Å². The molecule has 2 rings (SSSR count). The molecule has 0 fully saturated rings. The van der Waals surface area contributed by atoms with E-state index in [0.717, 1.165) is 15.8 Å². The zero-order chi connectivity index (χ0) is 14.7. The third-order valence-electron chi connectivity index (χ3n) is 2.74. The summed E-state index contributed by atoms with van der Waals surface area (Å²) in [4.78, 5) is 17.8. The monoisotopic (exact) mass is 355 g/mol. The number of amides is 1. The third kappa shape index (κ3) is 3.29. The van der Waals surface area contributed by atoms with Crippen LogP contribution in [0.3, 0.4) is 0 Å². The molecule has 0 saturated heterocycles. The Morgan fingerprint density at radius 1 is 1.55 bits per heavy atom. The molecule has 1 amide bonds. The Hall–Kier alpha value is -1.60. The minimum absolute atomic E-state index is 0.167. The highest BCUT2D eigenvalue weighted by Gasteiger charge is 2.16. The highest BCUT2D eigenvalue weighted by Crippen LogP contribution is 2.24. The summed E-state index contributed by atoms with van der Waals surface area (Å²) in [7, 11) is 3.33. The molecule has 0 saturated carbocycles. The van der Waals surface area contributed by atoms with Crippen LogP contribution >= 0.6 is 27.3 Å². The fourth-order valence-electron chi connectivity index (χ4n) is 1.78. The number of methoxy groups -OCH3 is 1. The molecule has 0 aliphatic carbocycles. The van der Waals surface area contributed by atoms with Crippen LogP contribution in [0, 0.1) is 0 Å². The van der Waals surface area contributed by atoms with Gasteiger partial charge in [0.15, 0.2) is 5.13 Å². The number of halogens is 1. The molecule has 0 aliphatic rings. The van der Waals surface area contributed by atoms with Crippen molar-refractivity contribution in [2.24, 2.45) is 0 Å². The Morgan fingerprint density at radius 3 is 2.90 bits per heavy atom. The number of nitrogens with two attached hydrogens (primary N) is 1. The van der Waals surface area contributed by atoms with E-state index >= 15 is 0 Å². The standard InChI is InChI=1S/C13H14BrN3O2S/c1-17(12(18)10-7-20-13(15)16-10)6-8-5-9(14)3-4-11(8)19-2/h3-5,7H,6H2,1-2H3,(H2,15,16). The molecule has 0 bridgehead atoms. The van der Waals surface area contributed by atoms with Crippen molar-refractivity contribution in [3.63, 3.8) is 0 Å². The van der Waals surface area contributed by atoms with Gasteiger partial charge in [0.25, 0.3) is 5.91 Å². The van der Waals surface area contributed by atoms with Crippen molar-refractivity contribution < 1.29 is 9.53 Å². The van der Waals surface area contributed by atoms with E-state index in [0.29, 0.717) is 17.4 Å². The third-order valence-corrected chi connectivity index (χ3v) is 3.90. The summed E-state index contributed by atoms with van der Waals surface area (Å²) in [6.45, 7) is 0.429. The van der Waals surface area contributed by atoms with Crippen LogP contribution in [-0.2, 0) is 6.54 Å². The summed E-state index contributed by atoms with van der Waals surface area (Å²) in [5.74, 6) is 0.575. The number of hydrogen-bond acceptors (Lipinski definition) is 5. The molecule has 20 heavy (non-hydrogen) atoms. The Balaban J connectivity index is 2.17. The maximum atomic E-state index is 12.2. The maximum Gasteiger partial charge on any atom is 0.273 e. The second-order valence-corrected chi connectivity index (χ2v) is 5.99. The zero-order valence-electron chi connectivity index (χ0n) is 11.1. The maximum absolute atomic E-state index is 12.2. The second kappa shape index (κ2) is 6.23. The van der Waals surface area contributed by atoms with Crippen LogP contribution in [0.15, 0.2) is 28.1 Å². The van der Waals surface area contributed by atoms with Gasteiger partial charge in [0, 0.05) is 29.0 Å². The number of nitrogens with zero attached hydrogens (tertiary/aromatic N) is 2. The van der Waals surface area contributed by atoms with Crippen LogP contribution in [-0.4, -0.2) is 29.9 Å². The first-order valence-electron chi connectivity index (χ1n) is 5.80. The van der Waals surface area contributed by atoms with Crippen molar-refractivity contribution in [3.05, 3.63) is 39.3 Å². The van der Waals surface area contributed by atoms with E-state index in [9.17, 15) is 4.79 Å². The lowest BCUT2D eigenvalue weighted by atomic mass is 10.2. The van der Waals surface area contributed by atoms with Gasteiger partial charge in [0.2, 0.25) is 0 Å². The van der Waals surface area contributed by atoms with Crippen LogP contribution in [0.4, 0.5) is 5.13 Å². The Kier molecular flexibility index (Phi) is 4.61. The van der Waals surface area contributed by atoms with Crippen molar-refractivity contribution in [2.45, 2.75) is 6.54 Å². The molecule has 2 N–H and O–H groups in total. The summed E-state index contributed by atoms with van der Waals surface area (Å²) in [6.07, 6.45) is 0. The van der Waals surface area contributed by atoms with Gasteiger partial charge in [-0.15, -0.1) is 11.3 Å². The number of hydrogen-bond donors (Lipinski definition) is 1. The summed E-state index contributed by atoms with van der Waals surface area (Å²) < 4.78 is 6.24. The quantitative estimate of drug-likeness (QED) is 0.915. The number of nitrogen functional groups attached to an aromatic ring is 1. The van der Waals surface area contributed by atoms with Gasteiger partial charge >= 0.3 is 0 Å². The number of ether oxygens (including phenoxy) is 1. The molecule has 0 aliphatic heterocycles. The van der Waals surface area contributed by atoms with Gasteiger partial charge < -0.3 is 15.4 Å². The SMILES string of the molecule is COc1ccc(Br)cc1CN(C)C(=O)c1csc(N)n1. The van der Waals surface area contributed by atoms with E-state index in [-0.39, 0.29) is 5.91 Å². The largest absolute Gasteiger partial charge is 0.496 e. The first-order valence-corrected chi connectivity index (χ1v) is 7.47. The number of rotatable bonds is 4. The van der Waals surface area contributed by atoms with Crippen LogP contribution in [0.5, 0.6) is 5.75 Å². The van der Waals surface area contributed by atoms with Crippen molar-refractivity contribution in [1.82, 2.24) is 9.88 Å². The molecule has 1 heterocycles. The van der Waals surface area contributed by atoms with Crippen LogP contribution in [0.2, 0.25) is 0 Å². The number of thiazole rings is 1. The molecular weight excluding hydrogens is 342 g/mol. The fraction of sp³-hybridized carbons (Fsp3) is 0.231. The highest BCUT2D eigenvalue weighted by atomic mass is 79.9. The number of benzene rings is 1. The molecule has 0 spiro atoms. The minimum Gasteiger partial charge on any atom is -0.496 e. The molecule has 0 radical (unpaired) electrons. The van der Waals surface area contributed by atoms with Crippen LogP contribution in [0.25, 0.3) is 0 Å². The van der Waals surface area contributed by atoms with Gasteiger partial charge in [-0.1, -0.05) is 15.9 Å². The number of aromatic nitrogens is 1. The topological polar surface area (TPSA) is 68.5 Å². The van der Waals surface area contributed by atoms with Crippen LogP contribution < -0.4 is 10.5 Å². The van der Waals surface area contributed by atoms with Crippen LogP contribution in [0.1, 0.15) is 16.1 Å². The lowest BCUT2D eigenvalue weighted by Crippen LogP contribution is -2.26. The van der Waals surface area contributed by atoms with Gasteiger partial charge in [-0.3, -0.25) is 4.79 Å². The van der Waals surface area contributed by atoms with Gasteiger partial charge in [-0.05, 0) is 18.2 Å². The average Bonchev–Trinajstić information content (AvgIpc) is 2.84. The molecule has 7 heteroatoms. The molecular formula is C13H14BrN3O2S. The lowest BCUT2D eigenvalue weighted by Gasteiger charge is -2.18. The summed E-state index contributed by atoms with van der Waals surface area (Å²) in [6, 6.07) is 5.68. The summed E-state index contributed by atoms with van der Waals surface area (Å²) in [5, 5.41) is 2.05. The lowest BCUT2D eigenvalue weighted by molar-refractivity contribution is 0.0779. The van der Waals surface area contributed by atoms with Crippen molar-refractivity contribution >= 4 is 38.3 Å². The van der Waals surface area contributed by atoms with E-state index in [2.05, 4.69) is 20.9 Å². The molecule has 2 aromatic rings. The highest BCUT2D eigenvalue weighted by molar-refractivity contribution is 9.10.